The minimum atomic E-state index is -0.373. The number of hydrogen-bond acceptors (Lipinski definition) is 5. The molecule has 0 fully saturated rings. The maximum absolute atomic E-state index is 13.4. The van der Waals surface area contributed by atoms with Gasteiger partial charge in [-0.15, -0.1) is 0 Å². The molecule has 4 rings (SSSR count). The van der Waals surface area contributed by atoms with Gasteiger partial charge in [-0.05, 0) is 36.4 Å². The third kappa shape index (κ3) is 2.67. The van der Waals surface area contributed by atoms with Crippen molar-refractivity contribution in [2.45, 2.75) is 6.42 Å². The SMILES string of the molecule is COc1ccc(-c2nc3c(c(=O)[nH]2)Cc2cc(F)ccc2O3)cc1OC. The van der Waals surface area contributed by atoms with E-state index in [0.717, 1.165) is 0 Å². The van der Waals surface area contributed by atoms with Crippen LogP contribution in [0, 0.1) is 5.82 Å². The summed E-state index contributed by atoms with van der Waals surface area (Å²) in [7, 11) is 3.08. The van der Waals surface area contributed by atoms with Crippen molar-refractivity contribution in [1.82, 2.24) is 9.97 Å². The van der Waals surface area contributed by atoms with Gasteiger partial charge in [-0.3, -0.25) is 4.79 Å². The van der Waals surface area contributed by atoms with Crippen LogP contribution in [0.2, 0.25) is 0 Å². The number of rotatable bonds is 3. The lowest BCUT2D eigenvalue weighted by molar-refractivity contribution is 0.355. The minimum Gasteiger partial charge on any atom is -0.493 e. The number of ether oxygens (including phenoxy) is 3. The predicted octanol–water partition coefficient (Wildman–Crippen LogP) is 3.29. The molecule has 6 nitrogen and oxygen atoms in total. The molecule has 0 bridgehead atoms. The zero-order chi connectivity index (χ0) is 18.3. The van der Waals surface area contributed by atoms with E-state index in [0.29, 0.717) is 39.8 Å². The number of H-pyrrole nitrogens is 1. The van der Waals surface area contributed by atoms with E-state index in [-0.39, 0.29) is 23.7 Å². The lowest BCUT2D eigenvalue weighted by atomic mass is 10.0. The molecule has 1 aliphatic heterocycles. The Labute approximate surface area is 148 Å². The van der Waals surface area contributed by atoms with Crippen molar-refractivity contribution in [3.63, 3.8) is 0 Å². The van der Waals surface area contributed by atoms with Crippen LogP contribution in [0.1, 0.15) is 11.1 Å². The van der Waals surface area contributed by atoms with Crippen LogP contribution in [0.4, 0.5) is 4.39 Å². The van der Waals surface area contributed by atoms with Gasteiger partial charge in [0.2, 0.25) is 5.88 Å². The van der Waals surface area contributed by atoms with Gasteiger partial charge in [-0.1, -0.05) is 0 Å². The Morgan fingerprint density at radius 2 is 1.92 bits per heavy atom. The Kier molecular flexibility index (Phi) is 3.84. The van der Waals surface area contributed by atoms with Crippen LogP contribution in [0.3, 0.4) is 0 Å². The Morgan fingerprint density at radius 1 is 1.12 bits per heavy atom. The molecule has 1 aromatic heterocycles. The van der Waals surface area contributed by atoms with Crippen LogP contribution in [0.5, 0.6) is 23.1 Å². The van der Waals surface area contributed by atoms with E-state index in [1.165, 1.54) is 25.3 Å². The van der Waals surface area contributed by atoms with Crippen molar-refractivity contribution in [3.05, 3.63) is 63.7 Å². The van der Waals surface area contributed by atoms with Gasteiger partial charge in [-0.25, -0.2) is 4.39 Å². The second-order valence-electron chi connectivity index (χ2n) is 5.80. The summed E-state index contributed by atoms with van der Waals surface area (Å²) in [5, 5.41) is 0. The first-order valence-electron chi connectivity index (χ1n) is 7.91. The summed E-state index contributed by atoms with van der Waals surface area (Å²) in [6.45, 7) is 0. The van der Waals surface area contributed by atoms with Crippen molar-refractivity contribution in [2.75, 3.05) is 14.2 Å². The number of aromatic nitrogens is 2. The summed E-state index contributed by atoms with van der Waals surface area (Å²) in [6, 6.07) is 9.42. The number of benzene rings is 2. The van der Waals surface area contributed by atoms with E-state index < -0.39 is 0 Å². The normalized spacial score (nSPS) is 12.0. The molecular weight excluding hydrogens is 339 g/mol. The second-order valence-corrected chi connectivity index (χ2v) is 5.80. The molecule has 132 valence electrons. The third-order valence-electron chi connectivity index (χ3n) is 4.23. The highest BCUT2D eigenvalue weighted by Gasteiger charge is 2.23. The zero-order valence-electron chi connectivity index (χ0n) is 14.1. The van der Waals surface area contributed by atoms with Crippen LogP contribution < -0.4 is 19.8 Å². The van der Waals surface area contributed by atoms with Gasteiger partial charge < -0.3 is 19.2 Å². The standard InChI is InChI=1S/C19H15FN2O4/c1-24-15-5-3-10(9-16(15)25-2)17-21-18(23)13-8-11-7-12(20)4-6-14(11)26-19(13)22-17/h3-7,9H,8H2,1-2H3,(H,21,22,23). The van der Waals surface area contributed by atoms with Crippen molar-refractivity contribution in [3.8, 4) is 34.5 Å². The Bertz CT molecular complexity index is 1060. The van der Waals surface area contributed by atoms with Gasteiger partial charge in [0.15, 0.2) is 11.5 Å². The summed E-state index contributed by atoms with van der Waals surface area (Å²) in [4.78, 5) is 19.7. The van der Waals surface area contributed by atoms with Gasteiger partial charge in [0.1, 0.15) is 17.4 Å². The first-order valence-corrected chi connectivity index (χ1v) is 7.91. The summed E-state index contributed by atoms with van der Waals surface area (Å²) in [5.74, 6) is 1.78. The van der Waals surface area contributed by atoms with Gasteiger partial charge in [0.05, 0.1) is 19.8 Å². The molecule has 7 heteroatoms. The van der Waals surface area contributed by atoms with Crippen LogP contribution in [0.15, 0.2) is 41.2 Å². The first kappa shape index (κ1) is 16.1. The van der Waals surface area contributed by atoms with E-state index >= 15 is 0 Å². The number of methoxy groups -OCH3 is 2. The number of nitrogens with one attached hydrogen (secondary N) is 1. The summed E-state index contributed by atoms with van der Waals surface area (Å²) in [6.07, 6.45) is 0.261. The van der Waals surface area contributed by atoms with E-state index in [1.54, 1.807) is 25.3 Å². The minimum absolute atomic E-state index is 0.220. The molecule has 0 saturated carbocycles. The van der Waals surface area contributed by atoms with Crippen molar-refractivity contribution >= 4 is 0 Å². The molecule has 2 heterocycles. The average Bonchev–Trinajstić information content (AvgIpc) is 2.66. The number of fused-ring (bicyclic) bond motifs is 2. The lowest BCUT2D eigenvalue weighted by Gasteiger charge is -2.19. The van der Waals surface area contributed by atoms with Gasteiger partial charge in [0.25, 0.3) is 5.56 Å². The smallest absolute Gasteiger partial charge is 0.258 e. The highest BCUT2D eigenvalue weighted by Crippen LogP contribution is 2.36. The molecule has 0 radical (unpaired) electrons. The molecule has 0 unspecified atom stereocenters. The molecule has 3 aromatic rings. The average molecular weight is 354 g/mol. The quantitative estimate of drug-likeness (QED) is 0.611. The molecule has 0 atom stereocenters. The van der Waals surface area contributed by atoms with Crippen LogP contribution >= 0.6 is 0 Å². The molecule has 0 amide bonds. The highest BCUT2D eigenvalue weighted by atomic mass is 19.1. The first-order chi connectivity index (χ1) is 12.6. The fourth-order valence-electron chi connectivity index (χ4n) is 2.92. The Morgan fingerprint density at radius 3 is 2.69 bits per heavy atom. The second kappa shape index (κ2) is 6.18. The fraction of sp³-hybridized carbons (Fsp3) is 0.158. The zero-order valence-corrected chi connectivity index (χ0v) is 14.1. The lowest BCUT2D eigenvalue weighted by Crippen LogP contribution is -2.20. The molecule has 1 aliphatic rings. The number of hydrogen-bond donors (Lipinski definition) is 1. The number of aromatic amines is 1. The van der Waals surface area contributed by atoms with E-state index in [4.69, 9.17) is 14.2 Å². The number of halogens is 1. The van der Waals surface area contributed by atoms with E-state index in [9.17, 15) is 9.18 Å². The largest absolute Gasteiger partial charge is 0.493 e. The summed E-state index contributed by atoms with van der Waals surface area (Å²) >= 11 is 0. The number of nitrogens with zero attached hydrogens (tertiary/aromatic N) is 1. The summed E-state index contributed by atoms with van der Waals surface area (Å²) in [5.41, 5.74) is 1.31. The van der Waals surface area contributed by atoms with Crippen LogP contribution in [-0.2, 0) is 6.42 Å². The Hall–Kier alpha value is -3.35. The maximum atomic E-state index is 13.4. The molecular formula is C19H15FN2O4. The summed E-state index contributed by atoms with van der Waals surface area (Å²) < 4.78 is 29.6. The van der Waals surface area contributed by atoms with Crippen molar-refractivity contribution in [1.29, 1.82) is 0 Å². The maximum Gasteiger partial charge on any atom is 0.258 e. The van der Waals surface area contributed by atoms with E-state index in [1.807, 2.05) is 0 Å². The molecule has 0 aliphatic carbocycles. The third-order valence-corrected chi connectivity index (χ3v) is 4.23. The predicted molar refractivity (Wildman–Crippen MR) is 92.7 cm³/mol. The van der Waals surface area contributed by atoms with E-state index in [2.05, 4.69) is 9.97 Å². The topological polar surface area (TPSA) is 73.4 Å². The highest BCUT2D eigenvalue weighted by molar-refractivity contribution is 5.62. The molecule has 0 saturated heterocycles. The Balaban J connectivity index is 1.78. The van der Waals surface area contributed by atoms with Crippen molar-refractivity contribution in [2.24, 2.45) is 0 Å². The van der Waals surface area contributed by atoms with Crippen LogP contribution in [0.25, 0.3) is 11.4 Å². The van der Waals surface area contributed by atoms with Gasteiger partial charge in [-0.2, -0.15) is 4.98 Å². The van der Waals surface area contributed by atoms with Crippen LogP contribution in [-0.4, -0.2) is 24.2 Å². The monoisotopic (exact) mass is 354 g/mol. The molecule has 1 N–H and O–H groups in total. The molecule has 0 spiro atoms. The van der Waals surface area contributed by atoms with Gasteiger partial charge in [0, 0.05) is 17.5 Å². The molecule has 26 heavy (non-hydrogen) atoms. The van der Waals surface area contributed by atoms with Gasteiger partial charge >= 0.3 is 0 Å². The van der Waals surface area contributed by atoms with Crippen molar-refractivity contribution < 1.29 is 18.6 Å². The fourth-order valence-corrected chi connectivity index (χ4v) is 2.92. The molecule has 2 aromatic carbocycles.